The molecule has 0 aliphatic rings. The highest BCUT2D eigenvalue weighted by atomic mass is 32.2. The maximum atomic E-state index is 13.3. The number of nitrogens with zero attached hydrogens (tertiary/aromatic N) is 3. The molecule has 0 bridgehead atoms. The monoisotopic (exact) mass is 297 g/mol. The Hall–Kier alpha value is -2.32. The summed E-state index contributed by atoms with van der Waals surface area (Å²) in [6.45, 7) is 0. The van der Waals surface area contributed by atoms with Crippen molar-refractivity contribution >= 4 is 22.8 Å². The summed E-state index contributed by atoms with van der Waals surface area (Å²) in [4.78, 5) is 4.51. The fourth-order valence-electron chi connectivity index (χ4n) is 2.09. The van der Waals surface area contributed by atoms with E-state index in [1.165, 1.54) is 12.1 Å². The minimum absolute atomic E-state index is 0.255. The van der Waals surface area contributed by atoms with Crippen molar-refractivity contribution < 1.29 is 4.39 Å². The molecule has 0 saturated carbocycles. The van der Waals surface area contributed by atoms with E-state index in [1.54, 1.807) is 30.0 Å². The maximum Gasteiger partial charge on any atom is 0.169 e. The lowest BCUT2D eigenvalue weighted by Gasteiger charge is -2.02. The quantitative estimate of drug-likeness (QED) is 0.689. The average Bonchev–Trinajstić information content (AvgIpc) is 2.82. The predicted molar refractivity (Wildman–Crippen MR) is 81.4 cm³/mol. The summed E-state index contributed by atoms with van der Waals surface area (Å²) in [5.74, 6) is 0.500. The lowest BCUT2D eigenvalue weighted by Crippen LogP contribution is -1.91. The predicted octanol–water partition coefficient (Wildman–Crippen LogP) is 3.88. The molecular weight excluding hydrogens is 285 g/mol. The molecule has 0 aliphatic heterocycles. The number of thioether (sulfide) groups is 1. The third-order valence-electron chi connectivity index (χ3n) is 3.25. The summed E-state index contributed by atoms with van der Waals surface area (Å²) < 4.78 is 15.2. The first-order chi connectivity index (χ1) is 10.2. The molecule has 0 spiro atoms. The van der Waals surface area contributed by atoms with E-state index < -0.39 is 0 Å². The number of aromatic nitrogens is 2. The van der Waals surface area contributed by atoms with Gasteiger partial charge in [-0.3, -0.25) is 0 Å². The van der Waals surface area contributed by atoms with E-state index in [-0.39, 0.29) is 5.82 Å². The minimum Gasteiger partial charge on any atom is -0.322 e. The van der Waals surface area contributed by atoms with Crippen LogP contribution in [0.3, 0.4) is 0 Å². The zero-order valence-electron chi connectivity index (χ0n) is 11.4. The topological polar surface area (TPSA) is 41.6 Å². The molecule has 0 fully saturated rings. The Kier molecular flexibility index (Phi) is 3.63. The first-order valence-corrected chi connectivity index (χ1v) is 7.40. The number of hydrogen-bond donors (Lipinski definition) is 0. The van der Waals surface area contributed by atoms with Crippen LogP contribution in [0.1, 0.15) is 11.1 Å². The molecule has 0 atom stereocenters. The van der Waals surface area contributed by atoms with Crippen molar-refractivity contribution in [1.29, 1.82) is 5.26 Å². The third-order valence-corrected chi connectivity index (χ3v) is 4.35. The van der Waals surface area contributed by atoms with Crippen molar-refractivity contribution in [2.24, 2.45) is 7.05 Å². The second-order valence-corrected chi connectivity index (χ2v) is 5.63. The van der Waals surface area contributed by atoms with E-state index in [9.17, 15) is 4.39 Å². The highest BCUT2D eigenvalue weighted by Crippen LogP contribution is 2.26. The van der Waals surface area contributed by atoms with E-state index in [0.717, 1.165) is 27.5 Å². The summed E-state index contributed by atoms with van der Waals surface area (Å²) in [5.41, 5.74) is 3.36. The van der Waals surface area contributed by atoms with Crippen LogP contribution in [0.15, 0.2) is 47.6 Å². The van der Waals surface area contributed by atoms with Gasteiger partial charge in [0.05, 0.1) is 22.7 Å². The number of aryl methyl sites for hydroxylation is 1. The van der Waals surface area contributed by atoms with Gasteiger partial charge in [-0.05, 0) is 35.9 Å². The molecule has 21 heavy (non-hydrogen) atoms. The standard InChI is InChI=1S/C16H12FN3S/c1-20-15-8-13(17)6-7-14(15)19-16(20)21-10-12-4-2-11(9-18)3-5-12/h2-8H,10H2,1H3. The molecule has 0 amide bonds. The van der Waals surface area contributed by atoms with Crippen LogP contribution in [-0.2, 0) is 12.8 Å². The fraction of sp³-hybridized carbons (Fsp3) is 0.125. The molecule has 104 valence electrons. The molecule has 3 rings (SSSR count). The minimum atomic E-state index is -0.255. The van der Waals surface area contributed by atoms with E-state index in [4.69, 9.17) is 5.26 Å². The van der Waals surface area contributed by atoms with Crippen LogP contribution < -0.4 is 0 Å². The van der Waals surface area contributed by atoms with Gasteiger partial charge in [-0.15, -0.1) is 0 Å². The van der Waals surface area contributed by atoms with Gasteiger partial charge in [0.2, 0.25) is 0 Å². The number of imidazole rings is 1. The summed E-state index contributed by atoms with van der Waals surface area (Å²) in [7, 11) is 1.88. The van der Waals surface area contributed by atoms with Gasteiger partial charge in [0.15, 0.2) is 5.16 Å². The Bertz CT molecular complexity index is 831. The number of hydrogen-bond acceptors (Lipinski definition) is 3. The van der Waals surface area contributed by atoms with Crippen LogP contribution in [0.5, 0.6) is 0 Å². The van der Waals surface area contributed by atoms with Crippen molar-refractivity contribution in [3.63, 3.8) is 0 Å². The van der Waals surface area contributed by atoms with Gasteiger partial charge in [-0.2, -0.15) is 5.26 Å². The van der Waals surface area contributed by atoms with Gasteiger partial charge >= 0.3 is 0 Å². The van der Waals surface area contributed by atoms with Gasteiger partial charge in [0, 0.05) is 12.8 Å². The molecule has 0 saturated heterocycles. The Morgan fingerprint density at radius 1 is 1.24 bits per heavy atom. The Balaban J connectivity index is 1.81. The van der Waals surface area contributed by atoms with Gasteiger partial charge < -0.3 is 4.57 Å². The van der Waals surface area contributed by atoms with Gasteiger partial charge in [0.25, 0.3) is 0 Å². The summed E-state index contributed by atoms with van der Waals surface area (Å²) in [6.07, 6.45) is 0. The van der Waals surface area contributed by atoms with Crippen molar-refractivity contribution in [2.45, 2.75) is 10.9 Å². The summed E-state index contributed by atoms with van der Waals surface area (Å²) in [5, 5.41) is 9.62. The first kappa shape index (κ1) is 13.7. The first-order valence-electron chi connectivity index (χ1n) is 6.41. The Morgan fingerprint density at radius 2 is 2.00 bits per heavy atom. The average molecular weight is 297 g/mol. The zero-order chi connectivity index (χ0) is 14.8. The van der Waals surface area contributed by atoms with Crippen LogP contribution in [0.4, 0.5) is 4.39 Å². The lowest BCUT2D eigenvalue weighted by atomic mass is 10.2. The molecule has 5 heteroatoms. The normalized spacial score (nSPS) is 10.7. The third kappa shape index (κ3) is 2.76. The van der Waals surface area contributed by atoms with Crippen LogP contribution in [-0.4, -0.2) is 9.55 Å². The molecule has 0 N–H and O–H groups in total. The molecule has 2 aromatic carbocycles. The maximum absolute atomic E-state index is 13.3. The van der Waals surface area contributed by atoms with E-state index in [1.807, 2.05) is 23.7 Å². The van der Waals surface area contributed by atoms with Gasteiger partial charge in [-0.25, -0.2) is 9.37 Å². The van der Waals surface area contributed by atoms with Crippen LogP contribution in [0, 0.1) is 17.1 Å². The lowest BCUT2D eigenvalue weighted by molar-refractivity contribution is 0.628. The van der Waals surface area contributed by atoms with Crippen LogP contribution >= 0.6 is 11.8 Å². The summed E-state index contributed by atoms with van der Waals surface area (Å²) in [6, 6.07) is 14.2. The molecule has 0 aliphatic carbocycles. The number of benzene rings is 2. The molecular formula is C16H12FN3S. The zero-order valence-corrected chi connectivity index (χ0v) is 12.2. The molecule has 1 aromatic heterocycles. The molecule has 3 nitrogen and oxygen atoms in total. The summed E-state index contributed by atoms with van der Waals surface area (Å²) >= 11 is 1.59. The van der Waals surface area contributed by atoms with Gasteiger partial charge in [-0.1, -0.05) is 23.9 Å². The fourth-order valence-corrected chi connectivity index (χ4v) is 3.04. The number of fused-ring (bicyclic) bond motifs is 1. The molecule has 3 aromatic rings. The second-order valence-electron chi connectivity index (χ2n) is 4.68. The van der Waals surface area contributed by atoms with Crippen molar-refractivity contribution in [3.8, 4) is 6.07 Å². The number of rotatable bonds is 3. The Labute approximate surface area is 126 Å². The number of halogens is 1. The highest BCUT2D eigenvalue weighted by Gasteiger charge is 2.09. The van der Waals surface area contributed by atoms with Crippen molar-refractivity contribution in [3.05, 3.63) is 59.4 Å². The van der Waals surface area contributed by atoms with Gasteiger partial charge in [0.1, 0.15) is 5.82 Å². The largest absolute Gasteiger partial charge is 0.322 e. The van der Waals surface area contributed by atoms with E-state index in [0.29, 0.717) is 5.56 Å². The number of nitriles is 1. The van der Waals surface area contributed by atoms with Crippen LogP contribution in [0.25, 0.3) is 11.0 Å². The van der Waals surface area contributed by atoms with E-state index >= 15 is 0 Å². The molecule has 1 heterocycles. The van der Waals surface area contributed by atoms with E-state index in [2.05, 4.69) is 11.1 Å². The van der Waals surface area contributed by atoms with Crippen LogP contribution in [0.2, 0.25) is 0 Å². The molecule has 0 unspecified atom stereocenters. The van der Waals surface area contributed by atoms with Crippen molar-refractivity contribution in [2.75, 3.05) is 0 Å². The molecule has 0 radical (unpaired) electrons. The Morgan fingerprint density at radius 3 is 2.71 bits per heavy atom. The second kappa shape index (κ2) is 5.58. The highest BCUT2D eigenvalue weighted by molar-refractivity contribution is 7.98. The SMILES string of the molecule is Cn1c(SCc2ccc(C#N)cc2)nc2ccc(F)cc21. The smallest absolute Gasteiger partial charge is 0.169 e. The van der Waals surface area contributed by atoms with Crippen molar-refractivity contribution in [1.82, 2.24) is 9.55 Å².